The number of nitrogens with one attached hydrogen (secondary N) is 1. The molecular formula is C15H16BrNO. The van der Waals surface area contributed by atoms with Crippen molar-refractivity contribution < 1.29 is 4.79 Å². The summed E-state index contributed by atoms with van der Waals surface area (Å²) >= 11 is 3.55. The fraction of sp³-hybridized carbons (Fsp3) is 0.400. The molecule has 2 aromatic rings. The summed E-state index contributed by atoms with van der Waals surface area (Å²) < 4.78 is 0.996. The molecule has 0 spiro atoms. The third-order valence-corrected chi connectivity index (χ3v) is 4.78. The molecule has 0 amide bonds. The van der Waals surface area contributed by atoms with Crippen molar-refractivity contribution in [3.8, 4) is 0 Å². The maximum Gasteiger partial charge on any atom is 0.168 e. The zero-order valence-electron chi connectivity index (χ0n) is 10.4. The number of aromatic nitrogens is 1. The van der Waals surface area contributed by atoms with Crippen molar-refractivity contribution in [1.82, 2.24) is 4.98 Å². The van der Waals surface area contributed by atoms with Gasteiger partial charge in [0.1, 0.15) is 0 Å². The van der Waals surface area contributed by atoms with Crippen LogP contribution in [-0.4, -0.2) is 10.8 Å². The van der Waals surface area contributed by atoms with Crippen LogP contribution in [0.3, 0.4) is 0 Å². The van der Waals surface area contributed by atoms with Crippen LogP contribution >= 0.6 is 15.9 Å². The van der Waals surface area contributed by atoms with Crippen molar-refractivity contribution in [1.29, 1.82) is 0 Å². The average molecular weight is 306 g/mol. The van der Waals surface area contributed by atoms with Crippen molar-refractivity contribution in [2.24, 2.45) is 11.8 Å². The number of rotatable bonds is 2. The van der Waals surface area contributed by atoms with Gasteiger partial charge >= 0.3 is 0 Å². The van der Waals surface area contributed by atoms with Gasteiger partial charge in [-0.25, -0.2) is 0 Å². The van der Waals surface area contributed by atoms with Gasteiger partial charge in [0, 0.05) is 33.1 Å². The van der Waals surface area contributed by atoms with Crippen LogP contribution in [-0.2, 0) is 0 Å². The van der Waals surface area contributed by atoms with Gasteiger partial charge in [-0.3, -0.25) is 4.79 Å². The number of carbonyl (C=O) groups is 1. The van der Waals surface area contributed by atoms with Gasteiger partial charge in [0.2, 0.25) is 0 Å². The minimum absolute atomic E-state index is 0.205. The number of hydrogen-bond acceptors (Lipinski definition) is 1. The van der Waals surface area contributed by atoms with Crippen LogP contribution in [0.1, 0.15) is 36.5 Å². The molecule has 1 fully saturated rings. The van der Waals surface area contributed by atoms with Gasteiger partial charge in [-0.15, -0.1) is 0 Å². The molecule has 0 saturated heterocycles. The molecule has 1 aromatic heterocycles. The Hall–Kier alpha value is -1.09. The Labute approximate surface area is 115 Å². The summed E-state index contributed by atoms with van der Waals surface area (Å²) in [6.45, 7) is 2.19. The molecule has 0 aliphatic heterocycles. The SMILES string of the molecule is CC1CCCC1C(=O)c1c[nH]c2cccc(Br)c12. The maximum atomic E-state index is 12.6. The summed E-state index contributed by atoms with van der Waals surface area (Å²) in [4.78, 5) is 15.8. The first-order chi connectivity index (χ1) is 8.68. The molecule has 2 unspecified atom stereocenters. The number of halogens is 1. The molecule has 1 aromatic carbocycles. The summed E-state index contributed by atoms with van der Waals surface area (Å²) in [6.07, 6.45) is 5.26. The topological polar surface area (TPSA) is 32.9 Å². The second-order valence-electron chi connectivity index (χ2n) is 5.24. The van der Waals surface area contributed by atoms with Crippen molar-refractivity contribution in [3.63, 3.8) is 0 Å². The Kier molecular flexibility index (Phi) is 3.02. The predicted octanol–water partition coefficient (Wildman–Crippen LogP) is 4.55. The molecule has 2 atom stereocenters. The number of aromatic amines is 1. The molecule has 1 saturated carbocycles. The lowest BCUT2D eigenvalue weighted by Gasteiger charge is -2.13. The Morgan fingerprint density at radius 1 is 1.39 bits per heavy atom. The number of Topliss-reactive ketones (excluding diaryl/α,β-unsaturated/α-hetero) is 1. The first kappa shape index (κ1) is 12.0. The van der Waals surface area contributed by atoms with E-state index in [2.05, 4.69) is 27.8 Å². The van der Waals surface area contributed by atoms with Crippen LogP contribution < -0.4 is 0 Å². The van der Waals surface area contributed by atoms with E-state index >= 15 is 0 Å². The summed E-state index contributed by atoms with van der Waals surface area (Å²) in [5, 5.41) is 1.03. The van der Waals surface area contributed by atoms with Crippen LogP contribution in [0.2, 0.25) is 0 Å². The van der Waals surface area contributed by atoms with Crippen molar-refractivity contribution in [2.75, 3.05) is 0 Å². The standard InChI is InChI=1S/C15H16BrNO/c1-9-4-2-5-10(9)15(18)11-8-17-13-7-3-6-12(16)14(11)13/h3,6-10,17H,2,4-5H2,1H3. The van der Waals surface area contributed by atoms with Crippen LogP contribution in [0.15, 0.2) is 28.9 Å². The van der Waals surface area contributed by atoms with E-state index in [9.17, 15) is 4.79 Å². The lowest BCUT2D eigenvalue weighted by molar-refractivity contribution is 0.0899. The molecule has 18 heavy (non-hydrogen) atoms. The normalized spacial score (nSPS) is 23.7. The molecule has 1 N–H and O–H groups in total. The summed E-state index contributed by atoms with van der Waals surface area (Å²) in [6, 6.07) is 5.98. The maximum absolute atomic E-state index is 12.6. The van der Waals surface area contributed by atoms with Crippen LogP contribution in [0, 0.1) is 11.8 Å². The van der Waals surface area contributed by atoms with E-state index in [4.69, 9.17) is 0 Å². The van der Waals surface area contributed by atoms with Crippen LogP contribution in [0.5, 0.6) is 0 Å². The predicted molar refractivity (Wildman–Crippen MR) is 76.8 cm³/mol. The highest BCUT2D eigenvalue weighted by molar-refractivity contribution is 9.10. The third-order valence-electron chi connectivity index (χ3n) is 4.12. The fourth-order valence-corrected chi connectivity index (χ4v) is 3.65. The van der Waals surface area contributed by atoms with E-state index < -0.39 is 0 Å². The van der Waals surface area contributed by atoms with Gasteiger partial charge in [0.05, 0.1) is 0 Å². The molecule has 94 valence electrons. The second kappa shape index (κ2) is 4.54. The van der Waals surface area contributed by atoms with Gasteiger partial charge in [-0.05, 0) is 30.9 Å². The summed E-state index contributed by atoms with van der Waals surface area (Å²) in [7, 11) is 0. The Bertz CT molecular complexity index is 602. The average Bonchev–Trinajstić information content (AvgIpc) is 2.95. The highest BCUT2D eigenvalue weighted by atomic mass is 79.9. The fourth-order valence-electron chi connectivity index (χ4n) is 3.07. The van der Waals surface area contributed by atoms with E-state index in [1.807, 2.05) is 24.4 Å². The Morgan fingerprint density at radius 3 is 2.94 bits per heavy atom. The largest absolute Gasteiger partial charge is 0.360 e. The van der Waals surface area contributed by atoms with E-state index in [0.29, 0.717) is 11.7 Å². The smallest absolute Gasteiger partial charge is 0.168 e. The molecule has 2 nitrogen and oxygen atoms in total. The zero-order chi connectivity index (χ0) is 12.7. The first-order valence-corrected chi connectivity index (χ1v) is 7.27. The molecule has 1 aliphatic carbocycles. The molecule has 1 aliphatic rings. The zero-order valence-corrected chi connectivity index (χ0v) is 12.0. The number of benzene rings is 1. The Balaban J connectivity index is 2.07. The lowest BCUT2D eigenvalue weighted by Crippen LogP contribution is -2.16. The molecule has 0 radical (unpaired) electrons. The Morgan fingerprint density at radius 2 is 2.22 bits per heavy atom. The number of carbonyl (C=O) groups excluding carboxylic acids is 1. The van der Waals surface area contributed by atoms with E-state index in [0.717, 1.165) is 27.4 Å². The number of ketones is 1. The molecule has 0 bridgehead atoms. The van der Waals surface area contributed by atoms with E-state index in [-0.39, 0.29) is 5.92 Å². The summed E-state index contributed by atoms with van der Waals surface area (Å²) in [5.41, 5.74) is 1.87. The van der Waals surface area contributed by atoms with Crippen LogP contribution in [0.4, 0.5) is 0 Å². The molecular weight excluding hydrogens is 290 g/mol. The number of hydrogen-bond donors (Lipinski definition) is 1. The molecule has 3 rings (SSSR count). The lowest BCUT2D eigenvalue weighted by atomic mass is 9.89. The highest BCUT2D eigenvalue weighted by Crippen LogP contribution is 2.36. The number of fused-ring (bicyclic) bond motifs is 1. The highest BCUT2D eigenvalue weighted by Gasteiger charge is 2.31. The summed E-state index contributed by atoms with van der Waals surface area (Å²) in [5.74, 6) is 1.03. The van der Waals surface area contributed by atoms with Crippen molar-refractivity contribution in [2.45, 2.75) is 26.2 Å². The monoisotopic (exact) mass is 305 g/mol. The van der Waals surface area contributed by atoms with E-state index in [1.165, 1.54) is 12.8 Å². The third kappa shape index (κ3) is 1.81. The first-order valence-electron chi connectivity index (χ1n) is 6.48. The van der Waals surface area contributed by atoms with Gasteiger partial charge in [-0.1, -0.05) is 35.3 Å². The van der Waals surface area contributed by atoms with Gasteiger partial charge < -0.3 is 4.98 Å². The van der Waals surface area contributed by atoms with Gasteiger partial charge in [-0.2, -0.15) is 0 Å². The molecule has 1 heterocycles. The molecule has 3 heteroatoms. The minimum Gasteiger partial charge on any atom is -0.360 e. The van der Waals surface area contributed by atoms with Crippen molar-refractivity contribution in [3.05, 3.63) is 34.4 Å². The van der Waals surface area contributed by atoms with E-state index in [1.54, 1.807) is 0 Å². The van der Waals surface area contributed by atoms with Crippen LogP contribution in [0.25, 0.3) is 10.9 Å². The second-order valence-corrected chi connectivity index (χ2v) is 6.10. The minimum atomic E-state index is 0.205. The quantitative estimate of drug-likeness (QED) is 0.811. The van der Waals surface area contributed by atoms with Gasteiger partial charge in [0.15, 0.2) is 5.78 Å². The number of H-pyrrole nitrogens is 1. The van der Waals surface area contributed by atoms with Crippen molar-refractivity contribution >= 4 is 32.6 Å². The van der Waals surface area contributed by atoms with Gasteiger partial charge in [0.25, 0.3) is 0 Å².